The van der Waals surface area contributed by atoms with Crippen molar-refractivity contribution in [2.24, 2.45) is 0 Å². The normalized spacial score (nSPS) is 18.0. The molecule has 2 heterocycles. The Morgan fingerprint density at radius 2 is 1.66 bits per heavy atom. The molecule has 0 unspecified atom stereocenters. The fourth-order valence-electron chi connectivity index (χ4n) is 3.59. The van der Waals surface area contributed by atoms with Gasteiger partial charge in [-0.15, -0.1) is 18.3 Å². The first kappa shape index (κ1) is 19.9. The predicted octanol–water partition coefficient (Wildman–Crippen LogP) is 2.37. The molecule has 156 valence electrons. The van der Waals surface area contributed by atoms with E-state index in [1.165, 1.54) is 9.87 Å². The Kier molecular flexibility index (Phi) is 5.11. The number of alkyl halides is 3. The van der Waals surface area contributed by atoms with Gasteiger partial charge in [0.05, 0.1) is 10.6 Å². The van der Waals surface area contributed by atoms with Gasteiger partial charge in [0.25, 0.3) is 0 Å². The summed E-state index contributed by atoms with van der Waals surface area (Å²) < 4.78 is 67.5. The van der Waals surface area contributed by atoms with Crippen molar-refractivity contribution in [2.45, 2.75) is 30.5 Å². The van der Waals surface area contributed by atoms with Crippen LogP contribution in [0.5, 0.6) is 5.75 Å². The Morgan fingerprint density at radius 1 is 0.966 bits per heavy atom. The number of nitrogens with zero attached hydrogens (tertiary/aromatic N) is 4. The van der Waals surface area contributed by atoms with E-state index in [9.17, 15) is 21.6 Å². The van der Waals surface area contributed by atoms with Crippen LogP contribution in [0.25, 0.3) is 0 Å². The number of rotatable bonds is 4. The summed E-state index contributed by atoms with van der Waals surface area (Å²) in [7, 11) is -3.80. The molecule has 0 atom stereocenters. The van der Waals surface area contributed by atoms with Crippen LogP contribution in [0, 0.1) is 0 Å². The maximum atomic E-state index is 12.8. The summed E-state index contributed by atoms with van der Waals surface area (Å²) in [6.07, 6.45) is -1.81. The largest absolute Gasteiger partial charge is 0.573 e. The SMILES string of the molecule is O=S(=O)(c1ccc(OC(F)(F)F)cc1)N1CCN(c2cc3c(nn2)CCC3)CC1. The lowest BCUT2D eigenvalue weighted by atomic mass is 10.2. The number of fused-ring (bicyclic) bond motifs is 1. The van der Waals surface area contributed by atoms with Gasteiger partial charge in [-0.1, -0.05) is 0 Å². The van der Waals surface area contributed by atoms with Gasteiger partial charge in [-0.3, -0.25) is 0 Å². The number of aryl methyl sites for hydroxylation is 2. The number of benzene rings is 1. The summed E-state index contributed by atoms with van der Waals surface area (Å²) in [5.41, 5.74) is 2.24. The smallest absolute Gasteiger partial charge is 0.406 e. The summed E-state index contributed by atoms with van der Waals surface area (Å²) in [5.74, 6) is 0.285. The van der Waals surface area contributed by atoms with Crippen molar-refractivity contribution >= 4 is 15.8 Å². The molecule has 1 aliphatic heterocycles. The van der Waals surface area contributed by atoms with Crippen LogP contribution < -0.4 is 9.64 Å². The van der Waals surface area contributed by atoms with Crippen molar-refractivity contribution in [1.82, 2.24) is 14.5 Å². The number of aromatic nitrogens is 2. The van der Waals surface area contributed by atoms with E-state index in [4.69, 9.17) is 0 Å². The Bertz CT molecular complexity index is 988. The van der Waals surface area contributed by atoms with Gasteiger partial charge in [0.15, 0.2) is 5.82 Å². The van der Waals surface area contributed by atoms with Crippen LogP contribution in [0.4, 0.5) is 19.0 Å². The molecule has 0 radical (unpaired) electrons. The van der Waals surface area contributed by atoms with E-state index >= 15 is 0 Å². The summed E-state index contributed by atoms with van der Waals surface area (Å²) in [4.78, 5) is 1.93. The third kappa shape index (κ3) is 4.30. The van der Waals surface area contributed by atoms with Crippen LogP contribution in [0.1, 0.15) is 17.7 Å². The van der Waals surface area contributed by atoms with Crippen LogP contribution in [-0.2, 0) is 22.9 Å². The number of hydrogen-bond acceptors (Lipinski definition) is 6. The Hall–Kier alpha value is -2.40. The van der Waals surface area contributed by atoms with Gasteiger partial charge in [-0.2, -0.15) is 9.40 Å². The number of hydrogen-bond donors (Lipinski definition) is 0. The predicted molar refractivity (Wildman–Crippen MR) is 98.2 cm³/mol. The first-order valence-electron chi connectivity index (χ1n) is 9.19. The lowest BCUT2D eigenvalue weighted by Gasteiger charge is -2.34. The third-order valence-corrected chi connectivity index (χ3v) is 6.98. The summed E-state index contributed by atoms with van der Waals surface area (Å²) in [6, 6.07) is 6.26. The number of anilines is 1. The fourth-order valence-corrected chi connectivity index (χ4v) is 5.01. The minimum atomic E-state index is -4.82. The Morgan fingerprint density at radius 3 is 2.31 bits per heavy atom. The van der Waals surface area contributed by atoms with Crippen molar-refractivity contribution in [3.8, 4) is 5.75 Å². The second-order valence-corrected chi connectivity index (χ2v) is 8.88. The van der Waals surface area contributed by atoms with E-state index in [0.29, 0.717) is 13.1 Å². The van der Waals surface area contributed by atoms with Gasteiger partial charge in [0, 0.05) is 26.2 Å². The van der Waals surface area contributed by atoms with Crippen molar-refractivity contribution in [1.29, 1.82) is 0 Å². The minimum Gasteiger partial charge on any atom is -0.406 e. The maximum Gasteiger partial charge on any atom is 0.573 e. The average molecular weight is 428 g/mol. The van der Waals surface area contributed by atoms with Gasteiger partial charge < -0.3 is 9.64 Å². The molecule has 11 heteroatoms. The molecule has 1 aromatic carbocycles. The molecular weight excluding hydrogens is 409 g/mol. The van der Waals surface area contributed by atoms with Gasteiger partial charge in [-0.05, 0) is 55.2 Å². The molecule has 1 fully saturated rings. The molecule has 0 amide bonds. The van der Waals surface area contributed by atoms with Crippen molar-refractivity contribution in [2.75, 3.05) is 31.1 Å². The number of ether oxygens (including phenoxy) is 1. The zero-order valence-corrected chi connectivity index (χ0v) is 16.2. The molecule has 0 saturated carbocycles. The Labute approximate surface area is 166 Å². The molecular formula is C18H19F3N4O3S. The first-order valence-corrected chi connectivity index (χ1v) is 10.6. The van der Waals surface area contributed by atoms with Crippen molar-refractivity contribution in [3.63, 3.8) is 0 Å². The van der Waals surface area contributed by atoms with Crippen molar-refractivity contribution < 1.29 is 26.3 Å². The molecule has 2 aromatic rings. The molecule has 1 aliphatic carbocycles. The van der Waals surface area contributed by atoms with Crippen molar-refractivity contribution in [3.05, 3.63) is 41.6 Å². The van der Waals surface area contributed by atoms with Crippen LogP contribution in [-0.4, -0.2) is 55.5 Å². The molecule has 4 rings (SSSR count). The van der Waals surface area contributed by atoms with Crippen LogP contribution in [0.2, 0.25) is 0 Å². The minimum absolute atomic E-state index is 0.0715. The zero-order chi connectivity index (χ0) is 20.6. The highest BCUT2D eigenvalue weighted by molar-refractivity contribution is 7.89. The highest BCUT2D eigenvalue weighted by atomic mass is 32.2. The summed E-state index contributed by atoms with van der Waals surface area (Å²) >= 11 is 0. The first-order chi connectivity index (χ1) is 13.7. The lowest BCUT2D eigenvalue weighted by molar-refractivity contribution is -0.274. The molecule has 0 bridgehead atoms. The molecule has 29 heavy (non-hydrogen) atoms. The summed E-state index contributed by atoms with van der Waals surface area (Å²) in [6.45, 7) is 1.42. The van der Waals surface area contributed by atoms with Gasteiger partial charge in [-0.25, -0.2) is 8.42 Å². The maximum absolute atomic E-state index is 12.8. The number of halogens is 3. The molecule has 2 aliphatic rings. The van der Waals surface area contributed by atoms with E-state index in [0.717, 1.165) is 55.0 Å². The topological polar surface area (TPSA) is 75.6 Å². The lowest BCUT2D eigenvalue weighted by Crippen LogP contribution is -2.49. The van der Waals surface area contributed by atoms with Gasteiger partial charge in [0.2, 0.25) is 10.0 Å². The molecule has 1 saturated heterocycles. The Balaban J connectivity index is 1.42. The van der Waals surface area contributed by atoms with E-state index in [1.54, 1.807) is 0 Å². The van der Waals surface area contributed by atoms with E-state index in [-0.39, 0.29) is 18.0 Å². The second kappa shape index (κ2) is 7.45. The number of piperazine rings is 1. The van der Waals surface area contributed by atoms with Crippen LogP contribution in [0.15, 0.2) is 35.2 Å². The van der Waals surface area contributed by atoms with E-state index < -0.39 is 22.1 Å². The van der Waals surface area contributed by atoms with E-state index in [2.05, 4.69) is 14.9 Å². The summed E-state index contributed by atoms with van der Waals surface area (Å²) in [5, 5.41) is 8.53. The highest BCUT2D eigenvalue weighted by Gasteiger charge is 2.32. The molecule has 1 aromatic heterocycles. The zero-order valence-electron chi connectivity index (χ0n) is 15.4. The monoisotopic (exact) mass is 428 g/mol. The van der Waals surface area contributed by atoms with Crippen LogP contribution in [0.3, 0.4) is 0 Å². The molecule has 7 nitrogen and oxygen atoms in total. The quantitative estimate of drug-likeness (QED) is 0.745. The fraction of sp³-hybridized carbons (Fsp3) is 0.444. The highest BCUT2D eigenvalue weighted by Crippen LogP contribution is 2.27. The molecule has 0 N–H and O–H groups in total. The van der Waals surface area contributed by atoms with Gasteiger partial charge in [0.1, 0.15) is 5.75 Å². The van der Waals surface area contributed by atoms with Gasteiger partial charge >= 0.3 is 6.36 Å². The average Bonchev–Trinajstić information content (AvgIpc) is 3.15. The molecule has 0 spiro atoms. The third-order valence-electron chi connectivity index (χ3n) is 5.06. The second-order valence-electron chi connectivity index (χ2n) is 6.94. The van der Waals surface area contributed by atoms with E-state index in [1.807, 2.05) is 11.0 Å². The standard InChI is InChI=1S/C18H19F3N4O3S/c19-18(20,21)28-14-4-6-15(7-5-14)29(26,27)25-10-8-24(9-11-25)17-12-13-2-1-3-16(13)22-23-17/h4-7,12H,1-3,8-11H2. The number of sulfonamides is 1. The van der Waals surface area contributed by atoms with Crippen LogP contribution >= 0.6 is 0 Å².